The van der Waals surface area contributed by atoms with Gasteiger partial charge in [0.15, 0.2) is 11.5 Å². The van der Waals surface area contributed by atoms with Crippen LogP contribution in [0.4, 0.5) is 5.69 Å². The van der Waals surface area contributed by atoms with E-state index in [9.17, 15) is 9.59 Å². The molecule has 0 spiro atoms. The fourth-order valence-corrected chi connectivity index (χ4v) is 3.04. The Bertz CT molecular complexity index is 813. The highest BCUT2D eigenvalue weighted by atomic mass is 16.5. The lowest BCUT2D eigenvalue weighted by Crippen LogP contribution is -2.28. The summed E-state index contributed by atoms with van der Waals surface area (Å²) in [4.78, 5) is 27.2. The van der Waals surface area contributed by atoms with Crippen LogP contribution in [0.1, 0.15) is 33.6 Å². The molecule has 1 aliphatic rings. The number of benzene rings is 2. The first-order valence-corrected chi connectivity index (χ1v) is 8.55. The molecule has 6 heteroatoms. The van der Waals surface area contributed by atoms with Crippen LogP contribution in [0.5, 0.6) is 11.5 Å². The molecule has 0 bridgehead atoms. The van der Waals surface area contributed by atoms with E-state index < -0.39 is 0 Å². The number of rotatable bonds is 5. The number of hydrogen-bond donors (Lipinski definition) is 1. The highest BCUT2D eigenvalue weighted by Gasteiger charge is 2.22. The molecule has 1 heterocycles. The molecule has 2 aromatic carbocycles. The van der Waals surface area contributed by atoms with Gasteiger partial charge in [0, 0.05) is 18.7 Å². The summed E-state index contributed by atoms with van der Waals surface area (Å²) in [5, 5.41) is 2.84. The summed E-state index contributed by atoms with van der Waals surface area (Å²) in [5.41, 5.74) is 1.43. The van der Waals surface area contributed by atoms with Gasteiger partial charge in [0.25, 0.3) is 11.8 Å². The first-order valence-electron chi connectivity index (χ1n) is 8.55. The SMILES string of the molecule is COc1ccc(C(=O)Nc2ccccc2C(=O)N2CCCC2)cc1OC. The quantitative estimate of drug-likeness (QED) is 0.895. The van der Waals surface area contributed by atoms with E-state index in [4.69, 9.17) is 9.47 Å². The second-order valence-corrected chi connectivity index (χ2v) is 6.07. The van der Waals surface area contributed by atoms with E-state index in [1.165, 1.54) is 14.2 Å². The van der Waals surface area contributed by atoms with Crippen LogP contribution in [0.25, 0.3) is 0 Å². The van der Waals surface area contributed by atoms with Crippen molar-refractivity contribution >= 4 is 17.5 Å². The van der Waals surface area contributed by atoms with Gasteiger partial charge in [-0.2, -0.15) is 0 Å². The highest BCUT2D eigenvalue weighted by molar-refractivity contribution is 6.09. The molecule has 0 atom stereocenters. The van der Waals surface area contributed by atoms with Gasteiger partial charge >= 0.3 is 0 Å². The van der Waals surface area contributed by atoms with E-state index in [1.54, 1.807) is 42.5 Å². The summed E-state index contributed by atoms with van der Waals surface area (Å²) in [5.74, 6) is 0.661. The Balaban J connectivity index is 1.83. The molecule has 0 saturated carbocycles. The van der Waals surface area contributed by atoms with Crippen LogP contribution in [0.2, 0.25) is 0 Å². The van der Waals surface area contributed by atoms with E-state index in [0.29, 0.717) is 28.3 Å². The number of para-hydroxylation sites is 1. The summed E-state index contributed by atoms with van der Waals surface area (Å²) in [6.45, 7) is 1.52. The molecule has 136 valence electrons. The van der Waals surface area contributed by atoms with E-state index >= 15 is 0 Å². The molecular formula is C20H22N2O4. The monoisotopic (exact) mass is 354 g/mol. The number of carbonyl (C=O) groups is 2. The molecule has 2 amide bonds. The Morgan fingerprint density at radius 2 is 1.65 bits per heavy atom. The number of anilines is 1. The van der Waals surface area contributed by atoms with Gasteiger partial charge < -0.3 is 19.7 Å². The predicted molar refractivity (Wildman–Crippen MR) is 99.1 cm³/mol. The molecule has 0 aromatic heterocycles. The number of nitrogens with zero attached hydrogens (tertiary/aromatic N) is 1. The second kappa shape index (κ2) is 7.91. The van der Waals surface area contributed by atoms with Crippen molar-refractivity contribution < 1.29 is 19.1 Å². The van der Waals surface area contributed by atoms with Crippen molar-refractivity contribution in [1.82, 2.24) is 4.90 Å². The first-order chi connectivity index (χ1) is 12.6. The molecule has 6 nitrogen and oxygen atoms in total. The van der Waals surface area contributed by atoms with Crippen molar-refractivity contribution in [3.05, 3.63) is 53.6 Å². The number of nitrogens with one attached hydrogen (secondary N) is 1. The van der Waals surface area contributed by atoms with Gasteiger partial charge in [-0.3, -0.25) is 9.59 Å². The molecule has 1 fully saturated rings. The first kappa shape index (κ1) is 17.8. The summed E-state index contributed by atoms with van der Waals surface area (Å²) in [6.07, 6.45) is 2.04. The molecule has 3 rings (SSSR count). The maximum atomic E-state index is 12.7. The summed E-state index contributed by atoms with van der Waals surface area (Å²) >= 11 is 0. The topological polar surface area (TPSA) is 67.9 Å². The molecule has 2 aromatic rings. The third-order valence-electron chi connectivity index (χ3n) is 4.44. The number of ether oxygens (including phenoxy) is 2. The Kier molecular flexibility index (Phi) is 5.41. The molecule has 26 heavy (non-hydrogen) atoms. The van der Waals surface area contributed by atoms with Crippen LogP contribution < -0.4 is 14.8 Å². The number of hydrogen-bond acceptors (Lipinski definition) is 4. The van der Waals surface area contributed by atoms with Gasteiger partial charge in [-0.05, 0) is 43.2 Å². The molecular weight excluding hydrogens is 332 g/mol. The minimum atomic E-state index is -0.312. The molecule has 1 N–H and O–H groups in total. The zero-order valence-electron chi connectivity index (χ0n) is 15.0. The Morgan fingerprint density at radius 1 is 0.962 bits per heavy atom. The van der Waals surface area contributed by atoms with E-state index in [2.05, 4.69) is 5.32 Å². The van der Waals surface area contributed by atoms with Crippen LogP contribution in [0.15, 0.2) is 42.5 Å². The van der Waals surface area contributed by atoms with Crippen LogP contribution in [-0.4, -0.2) is 44.0 Å². The van der Waals surface area contributed by atoms with Gasteiger partial charge in [-0.15, -0.1) is 0 Å². The molecule has 1 aliphatic heterocycles. The average molecular weight is 354 g/mol. The third kappa shape index (κ3) is 3.64. The maximum Gasteiger partial charge on any atom is 0.255 e. The second-order valence-electron chi connectivity index (χ2n) is 6.07. The fourth-order valence-electron chi connectivity index (χ4n) is 3.04. The fraction of sp³-hybridized carbons (Fsp3) is 0.300. The largest absolute Gasteiger partial charge is 0.493 e. The van der Waals surface area contributed by atoms with Crippen molar-refractivity contribution in [1.29, 1.82) is 0 Å². The summed E-state index contributed by atoms with van der Waals surface area (Å²) in [7, 11) is 3.06. The average Bonchev–Trinajstić information content (AvgIpc) is 3.22. The van der Waals surface area contributed by atoms with Crippen LogP contribution in [-0.2, 0) is 0 Å². The Hall–Kier alpha value is -3.02. The summed E-state index contributed by atoms with van der Waals surface area (Å²) in [6, 6.07) is 12.0. The van der Waals surface area contributed by atoms with Crippen molar-refractivity contribution in [2.75, 3.05) is 32.6 Å². The number of amides is 2. The van der Waals surface area contributed by atoms with E-state index in [-0.39, 0.29) is 11.8 Å². The van der Waals surface area contributed by atoms with Crippen molar-refractivity contribution in [3.8, 4) is 11.5 Å². The van der Waals surface area contributed by atoms with Crippen LogP contribution in [0, 0.1) is 0 Å². The third-order valence-corrected chi connectivity index (χ3v) is 4.44. The normalized spacial score (nSPS) is 13.4. The van der Waals surface area contributed by atoms with E-state index in [0.717, 1.165) is 25.9 Å². The standard InChI is InChI=1S/C20H22N2O4/c1-25-17-10-9-14(13-18(17)26-2)19(23)21-16-8-4-3-7-15(16)20(24)22-11-5-6-12-22/h3-4,7-10,13H,5-6,11-12H2,1-2H3,(H,21,23). The molecule has 0 radical (unpaired) electrons. The molecule has 0 unspecified atom stereocenters. The van der Waals surface area contributed by atoms with Crippen LogP contribution in [0.3, 0.4) is 0 Å². The van der Waals surface area contributed by atoms with Gasteiger partial charge in [0.2, 0.25) is 0 Å². The zero-order chi connectivity index (χ0) is 18.5. The van der Waals surface area contributed by atoms with Gasteiger partial charge in [-0.25, -0.2) is 0 Å². The minimum Gasteiger partial charge on any atom is -0.493 e. The number of likely N-dealkylation sites (tertiary alicyclic amines) is 1. The highest BCUT2D eigenvalue weighted by Crippen LogP contribution is 2.28. The lowest BCUT2D eigenvalue weighted by molar-refractivity contribution is 0.0794. The predicted octanol–water partition coefficient (Wildman–Crippen LogP) is 3.19. The van der Waals surface area contributed by atoms with Crippen molar-refractivity contribution in [2.45, 2.75) is 12.8 Å². The number of methoxy groups -OCH3 is 2. The van der Waals surface area contributed by atoms with E-state index in [1.807, 2.05) is 4.90 Å². The lowest BCUT2D eigenvalue weighted by atomic mass is 10.1. The van der Waals surface area contributed by atoms with Crippen LogP contribution >= 0.6 is 0 Å². The smallest absolute Gasteiger partial charge is 0.255 e. The van der Waals surface area contributed by atoms with Gasteiger partial charge in [0.05, 0.1) is 25.5 Å². The molecule has 0 aliphatic carbocycles. The number of carbonyl (C=O) groups excluding carboxylic acids is 2. The van der Waals surface area contributed by atoms with Gasteiger partial charge in [0.1, 0.15) is 0 Å². The minimum absolute atomic E-state index is 0.0503. The molecule has 1 saturated heterocycles. The van der Waals surface area contributed by atoms with Crippen molar-refractivity contribution in [3.63, 3.8) is 0 Å². The summed E-state index contributed by atoms with van der Waals surface area (Å²) < 4.78 is 10.4. The van der Waals surface area contributed by atoms with Gasteiger partial charge in [-0.1, -0.05) is 12.1 Å². The lowest BCUT2D eigenvalue weighted by Gasteiger charge is -2.18. The maximum absolute atomic E-state index is 12.7. The van der Waals surface area contributed by atoms with Crippen molar-refractivity contribution in [2.24, 2.45) is 0 Å². The Labute approximate surface area is 152 Å². The zero-order valence-corrected chi connectivity index (χ0v) is 15.0. The Morgan fingerprint density at radius 3 is 2.35 bits per heavy atom.